The summed E-state index contributed by atoms with van der Waals surface area (Å²) in [6.45, 7) is 0. The van der Waals surface area contributed by atoms with Gasteiger partial charge in [0.15, 0.2) is 0 Å². The number of methoxy groups -OCH3 is 1. The van der Waals surface area contributed by atoms with E-state index in [4.69, 9.17) is 4.74 Å². The molecule has 1 saturated carbocycles. The fraction of sp³-hybridized carbons (Fsp3) is 0.444. The van der Waals surface area contributed by atoms with Gasteiger partial charge >= 0.3 is 0 Å². The van der Waals surface area contributed by atoms with Crippen LogP contribution in [-0.4, -0.2) is 12.1 Å². The zero-order chi connectivity index (χ0) is 7.68. The first-order valence-electron chi connectivity index (χ1n) is 3.90. The Morgan fingerprint density at radius 2 is 2.36 bits per heavy atom. The van der Waals surface area contributed by atoms with Crippen molar-refractivity contribution in [3.05, 3.63) is 23.9 Å². The lowest BCUT2D eigenvalue weighted by molar-refractivity contribution is 0.397. The van der Waals surface area contributed by atoms with Crippen molar-refractivity contribution in [1.82, 2.24) is 4.98 Å². The van der Waals surface area contributed by atoms with Crippen LogP contribution < -0.4 is 4.74 Å². The van der Waals surface area contributed by atoms with Gasteiger partial charge in [-0.25, -0.2) is 4.98 Å². The predicted molar refractivity (Wildman–Crippen MR) is 42.8 cm³/mol. The van der Waals surface area contributed by atoms with Crippen LogP contribution >= 0.6 is 0 Å². The third-order valence-electron chi connectivity index (χ3n) is 2.02. The Balaban J connectivity index is 2.26. The van der Waals surface area contributed by atoms with Gasteiger partial charge in [-0.3, -0.25) is 0 Å². The van der Waals surface area contributed by atoms with E-state index in [-0.39, 0.29) is 0 Å². The Morgan fingerprint density at radius 3 is 3.00 bits per heavy atom. The normalized spacial score (nSPS) is 16.5. The molecule has 1 aliphatic rings. The van der Waals surface area contributed by atoms with Crippen LogP contribution in [0.2, 0.25) is 0 Å². The number of rotatable bonds is 2. The molecule has 1 heterocycles. The molecule has 2 rings (SSSR count). The molecular formula is C9H11NO. The average molecular weight is 149 g/mol. The van der Waals surface area contributed by atoms with E-state index in [2.05, 4.69) is 11.1 Å². The molecule has 11 heavy (non-hydrogen) atoms. The number of ether oxygens (including phenoxy) is 1. The average Bonchev–Trinajstić information content (AvgIpc) is 2.87. The lowest BCUT2D eigenvalue weighted by atomic mass is 10.2. The maximum atomic E-state index is 5.02. The minimum atomic E-state index is 0.731. The second-order valence-electron chi connectivity index (χ2n) is 2.91. The molecule has 58 valence electrons. The van der Waals surface area contributed by atoms with Crippen LogP contribution in [0.1, 0.15) is 24.3 Å². The van der Waals surface area contributed by atoms with E-state index in [1.165, 1.54) is 18.4 Å². The molecule has 0 atom stereocenters. The van der Waals surface area contributed by atoms with Gasteiger partial charge in [-0.15, -0.1) is 0 Å². The molecule has 1 fully saturated rings. The molecule has 1 aromatic rings. The van der Waals surface area contributed by atoms with Gasteiger partial charge in [-0.2, -0.15) is 0 Å². The summed E-state index contributed by atoms with van der Waals surface area (Å²) in [6, 6.07) is 4.10. The molecule has 0 aromatic carbocycles. The first-order valence-corrected chi connectivity index (χ1v) is 3.90. The molecule has 0 N–H and O–H groups in total. The quantitative estimate of drug-likeness (QED) is 0.641. The van der Waals surface area contributed by atoms with Crippen molar-refractivity contribution < 1.29 is 4.74 Å². The van der Waals surface area contributed by atoms with Gasteiger partial charge in [0.1, 0.15) is 0 Å². The molecule has 0 bridgehead atoms. The molecular weight excluding hydrogens is 138 g/mol. The lowest BCUT2D eigenvalue weighted by Gasteiger charge is -2.00. The standard InChI is InChI=1S/C9H11NO/c1-11-9-6-8(4-5-10-9)7-2-3-7/h4-7H,2-3H2,1H3. The van der Waals surface area contributed by atoms with E-state index in [0.717, 1.165) is 11.8 Å². The number of hydrogen-bond donors (Lipinski definition) is 0. The van der Waals surface area contributed by atoms with E-state index in [0.29, 0.717) is 0 Å². The summed E-state index contributed by atoms with van der Waals surface area (Å²) in [5.74, 6) is 1.52. The Hall–Kier alpha value is -1.05. The highest BCUT2D eigenvalue weighted by molar-refractivity contribution is 5.26. The molecule has 2 nitrogen and oxygen atoms in total. The smallest absolute Gasteiger partial charge is 0.213 e. The molecule has 1 aromatic heterocycles. The molecule has 0 amide bonds. The lowest BCUT2D eigenvalue weighted by Crippen LogP contribution is -1.88. The van der Waals surface area contributed by atoms with Crippen molar-refractivity contribution in [3.63, 3.8) is 0 Å². The van der Waals surface area contributed by atoms with Crippen LogP contribution in [0.4, 0.5) is 0 Å². The zero-order valence-corrected chi connectivity index (χ0v) is 6.58. The Kier molecular flexibility index (Phi) is 1.53. The van der Waals surface area contributed by atoms with Crippen LogP contribution in [0.25, 0.3) is 0 Å². The summed E-state index contributed by atoms with van der Waals surface area (Å²) in [5, 5.41) is 0. The topological polar surface area (TPSA) is 22.1 Å². The minimum absolute atomic E-state index is 0.731. The van der Waals surface area contributed by atoms with Gasteiger partial charge in [0, 0.05) is 12.3 Å². The van der Waals surface area contributed by atoms with Crippen molar-refractivity contribution in [1.29, 1.82) is 0 Å². The summed E-state index contributed by atoms with van der Waals surface area (Å²) < 4.78 is 5.02. The molecule has 2 heteroatoms. The Bertz CT molecular complexity index is 255. The van der Waals surface area contributed by atoms with Crippen molar-refractivity contribution in [2.24, 2.45) is 0 Å². The van der Waals surface area contributed by atoms with Gasteiger partial charge < -0.3 is 4.74 Å². The molecule has 0 radical (unpaired) electrons. The predicted octanol–water partition coefficient (Wildman–Crippen LogP) is 1.97. The van der Waals surface area contributed by atoms with E-state index in [9.17, 15) is 0 Å². The van der Waals surface area contributed by atoms with Crippen molar-refractivity contribution in [3.8, 4) is 5.88 Å². The van der Waals surface area contributed by atoms with Crippen LogP contribution in [0, 0.1) is 0 Å². The van der Waals surface area contributed by atoms with Crippen LogP contribution in [0.15, 0.2) is 18.3 Å². The number of pyridine rings is 1. The zero-order valence-electron chi connectivity index (χ0n) is 6.58. The first-order chi connectivity index (χ1) is 5.40. The fourth-order valence-corrected chi connectivity index (χ4v) is 1.21. The molecule has 0 aliphatic heterocycles. The number of aromatic nitrogens is 1. The minimum Gasteiger partial charge on any atom is -0.481 e. The molecule has 1 aliphatic carbocycles. The van der Waals surface area contributed by atoms with Gasteiger partial charge in [0.05, 0.1) is 7.11 Å². The van der Waals surface area contributed by atoms with Crippen molar-refractivity contribution in [2.75, 3.05) is 7.11 Å². The summed E-state index contributed by atoms with van der Waals surface area (Å²) in [6.07, 6.45) is 4.47. The van der Waals surface area contributed by atoms with E-state index in [1.54, 1.807) is 7.11 Å². The molecule has 0 unspecified atom stereocenters. The highest BCUT2D eigenvalue weighted by Crippen LogP contribution is 2.40. The second kappa shape index (κ2) is 2.53. The highest BCUT2D eigenvalue weighted by atomic mass is 16.5. The maximum absolute atomic E-state index is 5.02. The summed E-state index contributed by atoms with van der Waals surface area (Å²) in [5.41, 5.74) is 1.37. The third kappa shape index (κ3) is 1.34. The van der Waals surface area contributed by atoms with Crippen molar-refractivity contribution >= 4 is 0 Å². The van der Waals surface area contributed by atoms with E-state index in [1.807, 2.05) is 12.3 Å². The monoisotopic (exact) mass is 149 g/mol. The maximum Gasteiger partial charge on any atom is 0.213 e. The third-order valence-corrected chi connectivity index (χ3v) is 2.02. The molecule has 0 spiro atoms. The first kappa shape index (κ1) is 6.65. The Labute approximate surface area is 66.2 Å². The van der Waals surface area contributed by atoms with Gasteiger partial charge in [0.2, 0.25) is 5.88 Å². The summed E-state index contributed by atoms with van der Waals surface area (Å²) >= 11 is 0. The number of hydrogen-bond acceptors (Lipinski definition) is 2. The van der Waals surface area contributed by atoms with Gasteiger partial charge in [-0.1, -0.05) is 0 Å². The summed E-state index contributed by atoms with van der Waals surface area (Å²) in [4.78, 5) is 4.05. The Morgan fingerprint density at radius 1 is 1.55 bits per heavy atom. The van der Waals surface area contributed by atoms with Crippen LogP contribution in [-0.2, 0) is 0 Å². The van der Waals surface area contributed by atoms with Gasteiger partial charge in [-0.05, 0) is 30.4 Å². The van der Waals surface area contributed by atoms with E-state index >= 15 is 0 Å². The van der Waals surface area contributed by atoms with Gasteiger partial charge in [0.25, 0.3) is 0 Å². The largest absolute Gasteiger partial charge is 0.481 e. The fourth-order valence-electron chi connectivity index (χ4n) is 1.21. The second-order valence-corrected chi connectivity index (χ2v) is 2.91. The highest BCUT2D eigenvalue weighted by Gasteiger charge is 2.23. The molecule has 0 saturated heterocycles. The van der Waals surface area contributed by atoms with Crippen LogP contribution in [0.3, 0.4) is 0 Å². The van der Waals surface area contributed by atoms with Crippen LogP contribution in [0.5, 0.6) is 5.88 Å². The number of nitrogens with zero attached hydrogens (tertiary/aromatic N) is 1. The summed E-state index contributed by atoms with van der Waals surface area (Å²) in [7, 11) is 1.65. The van der Waals surface area contributed by atoms with Crippen molar-refractivity contribution in [2.45, 2.75) is 18.8 Å². The van der Waals surface area contributed by atoms with E-state index < -0.39 is 0 Å². The SMILES string of the molecule is COc1cc(C2CC2)ccn1.